The summed E-state index contributed by atoms with van der Waals surface area (Å²) in [5.74, 6) is 1.46. The normalized spacial score (nSPS) is 15.5. The van der Waals surface area contributed by atoms with Gasteiger partial charge in [0.1, 0.15) is 5.75 Å². The first-order valence-corrected chi connectivity index (χ1v) is 10.4. The number of nitrogens with one attached hydrogen (secondary N) is 1. The number of rotatable bonds is 6. The number of carbonyl (C=O) groups is 2. The van der Waals surface area contributed by atoms with Gasteiger partial charge in [-0.25, -0.2) is 5.43 Å². The van der Waals surface area contributed by atoms with Crippen molar-refractivity contribution in [2.24, 2.45) is 5.10 Å². The molecule has 0 saturated carbocycles. The van der Waals surface area contributed by atoms with E-state index in [4.69, 9.17) is 14.2 Å². The number of carbonyl (C=O) groups excluding carboxylic acids is 2. The first-order chi connectivity index (χ1) is 15.1. The summed E-state index contributed by atoms with van der Waals surface area (Å²) in [6, 6.07) is 12.2. The molecule has 2 aliphatic heterocycles. The number of ether oxygens (including phenoxy) is 3. The minimum absolute atomic E-state index is 0.0211. The van der Waals surface area contributed by atoms with Gasteiger partial charge in [-0.2, -0.15) is 5.10 Å². The maximum atomic E-state index is 12.3. The average molecular weight is 423 g/mol. The van der Waals surface area contributed by atoms with Crippen LogP contribution in [0.15, 0.2) is 47.6 Å². The zero-order chi connectivity index (χ0) is 21.6. The SMILES string of the molecule is C/C(=N/NC(=O)c1ccc2c(c1)OCO2)c1ccc(OCC(=O)N2CCCCC2)cc1. The maximum Gasteiger partial charge on any atom is 0.271 e. The molecule has 1 saturated heterocycles. The van der Waals surface area contributed by atoms with Crippen molar-refractivity contribution in [2.75, 3.05) is 26.5 Å². The van der Waals surface area contributed by atoms with Gasteiger partial charge in [0.2, 0.25) is 6.79 Å². The van der Waals surface area contributed by atoms with Crippen LogP contribution in [0.1, 0.15) is 42.1 Å². The Morgan fingerprint density at radius 1 is 1.00 bits per heavy atom. The number of hydrazone groups is 1. The number of nitrogens with zero attached hydrogens (tertiary/aromatic N) is 2. The van der Waals surface area contributed by atoms with Gasteiger partial charge in [0.15, 0.2) is 18.1 Å². The number of fused-ring (bicyclic) bond motifs is 1. The number of likely N-dealkylation sites (tertiary alicyclic amines) is 1. The van der Waals surface area contributed by atoms with Gasteiger partial charge in [-0.05, 0) is 74.2 Å². The van der Waals surface area contributed by atoms with Gasteiger partial charge in [-0.1, -0.05) is 0 Å². The topological polar surface area (TPSA) is 89.5 Å². The van der Waals surface area contributed by atoms with Crippen molar-refractivity contribution < 1.29 is 23.8 Å². The van der Waals surface area contributed by atoms with E-state index >= 15 is 0 Å². The van der Waals surface area contributed by atoms with E-state index in [0.717, 1.165) is 31.5 Å². The van der Waals surface area contributed by atoms with Crippen LogP contribution in [-0.4, -0.2) is 48.9 Å². The van der Waals surface area contributed by atoms with Crippen molar-refractivity contribution in [3.8, 4) is 17.2 Å². The van der Waals surface area contributed by atoms with Crippen molar-refractivity contribution in [3.63, 3.8) is 0 Å². The van der Waals surface area contributed by atoms with E-state index < -0.39 is 0 Å². The highest BCUT2D eigenvalue weighted by atomic mass is 16.7. The molecule has 4 rings (SSSR count). The molecular weight excluding hydrogens is 398 g/mol. The Hall–Kier alpha value is -3.55. The Morgan fingerprint density at radius 2 is 1.71 bits per heavy atom. The Labute approximate surface area is 180 Å². The fourth-order valence-corrected chi connectivity index (χ4v) is 3.47. The van der Waals surface area contributed by atoms with E-state index in [0.29, 0.717) is 28.5 Å². The summed E-state index contributed by atoms with van der Waals surface area (Å²) in [5.41, 5.74) is 4.46. The summed E-state index contributed by atoms with van der Waals surface area (Å²) < 4.78 is 16.2. The second kappa shape index (κ2) is 9.51. The van der Waals surface area contributed by atoms with E-state index in [1.165, 1.54) is 6.42 Å². The van der Waals surface area contributed by atoms with Crippen LogP contribution in [0, 0.1) is 0 Å². The van der Waals surface area contributed by atoms with Gasteiger partial charge in [0.05, 0.1) is 5.71 Å². The molecule has 1 fully saturated rings. The quantitative estimate of drug-likeness (QED) is 0.570. The number of hydrogen-bond donors (Lipinski definition) is 1. The highest BCUT2D eigenvalue weighted by Gasteiger charge is 2.17. The average Bonchev–Trinajstić information content (AvgIpc) is 3.29. The van der Waals surface area contributed by atoms with E-state index in [1.54, 1.807) is 37.3 Å². The third kappa shape index (κ3) is 5.14. The molecule has 0 bridgehead atoms. The molecule has 8 nitrogen and oxygen atoms in total. The highest BCUT2D eigenvalue weighted by Crippen LogP contribution is 2.32. The van der Waals surface area contributed by atoms with E-state index in [-0.39, 0.29) is 25.2 Å². The van der Waals surface area contributed by atoms with Crippen LogP contribution in [0.5, 0.6) is 17.2 Å². The Balaban J connectivity index is 1.30. The summed E-state index contributed by atoms with van der Waals surface area (Å²) >= 11 is 0. The predicted molar refractivity (Wildman–Crippen MR) is 115 cm³/mol. The molecule has 2 amide bonds. The van der Waals surface area contributed by atoms with Crippen LogP contribution in [0.4, 0.5) is 0 Å². The van der Waals surface area contributed by atoms with Crippen LogP contribution in [0.3, 0.4) is 0 Å². The highest BCUT2D eigenvalue weighted by molar-refractivity contribution is 6.01. The maximum absolute atomic E-state index is 12.3. The van der Waals surface area contributed by atoms with Crippen molar-refractivity contribution >= 4 is 17.5 Å². The van der Waals surface area contributed by atoms with Gasteiger partial charge in [-0.3, -0.25) is 9.59 Å². The fourth-order valence-electron chi connectivity index (χ4n) is 3.47. The minimum atomic E-state index is -0.339. The Bertz CT molecular complexity index is 981. The van der Waals surface area contributed by atoms with Gasteiger partial charge < -0.3 is 19.1 Å². The molecule has 0 aliphatic carbocycles. The molecule has 2 aromatic carbocycles. The lowest BCUT2D eigenvalue weighted by Crippen LogP contribution is -2.38. The summed E-state index contributed by atoms with van der Waals surface area (Å²) in [6.07, 6.45) is 3.30. The smallest absolute Gasteiger partial charge is 0.271 e. The number of benzene rings is 2. The first-order valence-electron chi connectivity index (χ1n) is 10.4. The van der Waals surface area contributed by atoms with E-state index in [9.17, 15) is 9.59 Å². The summed E-state index contributed by atoms with van der Waals surface area (Å²) in [5, 5.41) is 4.17. The molecule has 162 valence electrons. The van der Waals surface area contributed by atoms with Crippen LogP contribution < -0.4 is 19.6 Å². The number of piperidine rings is 1. The lowest BCUT2D eigenvalue weighted by atomic mass is 10.1. The zero-order valence-corrected chi connectivity index (χ0v) is 17.4. The largest absolute Gasteiger partial charge is 0.484 e. The van der Waals surface area contributed by atoms with E-state index in [1.807, 2.05) is 17.0 Å². The molecular formula is C23H25N3O5. The van der Waals surface area contributed by atoms with Gasteiger partial charge in [0, 0.05) is 18.7 Å². The summed E-state index contributed by atoms with van der Waals surface area (Å²) in [6.45, 7) is 3.63. The summed E-state index contributed by atoms with van der Waals surface area (Å²) in [4.78, 5) is 26.4. The number of amides is 2. The van der Waals surface area contributed by atoms with Crippen LogP contribution in [0.2, 0.25) is 0 Å². The molecule has 0 spiro atoms. The molecule has 0 aromatic heterocycles. The van der Waals surface area contributed by atoms with Crippen molar-refractivity contribution in [3.05, 3.63) is 53.6 Å². The fraction of sp³-hybridized carbons (Fsp3) is 0.348. The molecule has 8 heteroatoms. The minimum Gasteiger partial charge on any atom is -0.484 e. The zero-order valence-electron chi connectivity index (χ0n) is 17.4. The second-order valence-corrected chi connectivity index (χ2v) is 7.46. The van der Waals surface area contributed by atoms with Gasteiger partial charge in [-0.15, -0.1) is 0 Å². The van der Waals surface area contributed by atoms with Crippen molar-refractivity contribution in [1.82, 2.24) is 10.3 Å². The number of hydrogen-bond acceptors (Lipinski definition) is 6. The third-order valence-electron chi connectivity index (χ3n) is 5.30. The molecule has 31 heavy (non-hydrogen) atoms. The molecule has 2 aliphatic rings. The molecule has 2 heterocycles. The second-order valence-electron chi connectivity index (χ2n) is 7.46. The molecule has 0 atom stereocenters. The molecule has 2 aromatic rings. The monoisotopic (exact) mass is 423 g/mol. The van der Waals surface area contributed by atoms with Crippen LogP contribution in [0.25, 0.3) is 0 Å². The van der Waals surface area contributed by atoms with E-state index in [2.05, 4.69) is 10.5 Å². The standard InChI is InChI=1S/C23H25N3O5/c1-16(24-25-23(28)18-7-10-20-21(13-18)31-15-30-20)17-5-8-19(9-6-17)29-14-22(27)26-11-3-2-4-12-26/h5-10,13H,2-4,11-12,14-15H2,1H3,(H,25,28)/b24-16-. The van der Waals surface area contributed by atoms with Crippen molar-refractivity contribution in [1.29, 1.82) is 0 Å². The third-order valence-corrected chi connectivity index (χ3v) is 5.30. The predicted octanol–water partition coefficient (Wildman–Crippen LogP) is 2.96. The van der Waals surface area contributed by atoms with Crippen LogP contribution in [-0.2, 0) is 4.79 Å². The van der Waals surface area contributed by atoms with Gasteiger partial charge in [0.25, 0.3) is 11.8 Å². The van der Waals surface area contributed by atoms with Crippen molar-refractivity contribution in [2.45, 2.75) is 26.2 Å². The first kappa shape index (κ1) is 20.7. The summed E-state index contributed by atoms with van der Waals surface area (Å²) in [7, 11) is 0. The lowest BCUT2D eigenvalue weighted by molar-refractivity contribution is -0.134. The molecule has 0 radical (unpaired) electrons. The van der Waals surface area contributed by atoms with Crippen LogP contribution >= 0.6 is 0 Å². The Kier molecular flexibility index (Phi) is 6.35. The lowest BCUT2D eigenvalue weighted by Gasteiger charge is -2.26. The molecule has 1 N–H and O–H groups in total. The Morgan fingerprint density at radius 3 is 2.48 bits per heavy atom. The van der Waals surface area contributed by atoms with Gasteiger partial charge >= 0.3 is 0 Å². The molecule has 0 unspecified atom stereocenters.